The number of nitrogens with zero attached hydrogens (tertiary/aromatic N) is 2. The summed E-state index contributed by atoms with van der Waals surface area (Å²) >= 11 is 0. The Labute approximate surface area is 166 Å². The average molecular weight is 381 g/mol. The van der Waals surface area contributed by atoms with E-state index in [0.29, 0.717) is 11.3 Å². The maximum Gasteiger partial charge on any atom is 0.241 e. The first-order valence-corrected chi connectivity index (χ1v) is 9.53. The van der Waals surface area contributed by atoms with E-state index in [1.807, 2.05) is 19.1 Å². The number of carbonyl (C=O) groups excluding carboxylic acids is 2. The number of methoxy groups -OCH3 is 1. The van der Waals surface area contributed by atoms with Crippen LogP contribution in [0.4, 0.5) is 11.4 Å². The van der Waals surface area contributed by atoms with E-state index >= 15 is 0 Å². The molecule has 1 aliphatic heterocycles. The highest BCUT2D eigenvalue weighted by atomic mass is 16.5. The van der Waals surface area contributed by atoms with Crippen LogP contribution in [0.25, 0.3) is 0 Å². The van der Waals surface area contributed by atoms with Crippen LogP contribution in [0.5, 0.6) is 5.75 Å². The molecule has 1 fully saturated rings. The van der Waals surface area contributed by atoms with E-state index in [0.717, 1.165) is 31.9 Å². The van der Waals surface area contributed by atoms with Gasteiger partial charge in [-0.15, -0.1) is 0 Å². The van der Waals surface area contributed by atoms with Crippen LogP contribution in [0.3, 0.4) is 0 Å². The number of piperazine rings is 1. The summed E-state index contributed by atoms with van der Waals surface area (Å²) in [5, 5.41) is 2.94. The van der Waals surface area contributed by atoms with Crippen molar-refractivity contribution in [2.24, 2.45) is 0 Å². The molecule has 28 heavy (non-hydrogen) atoms. The number of hydrogen-bond donors (Lipinski definition) is 1. The number of nitrogens with one attached hydrogen (secondary N) is 1. The molecule has 6 heteroatoms. The standard InChI is InChI=1S/C22H27N3O3/c1-16(22(27)23-19-6-4-18(5-7-19)17(2)26)24-12-14-25(15-13-24)20-8-10-21(28-3)11-9-20/h4-11,16H,12-15H2,1-3H3,(H,23,27)/t16-/m1/s1. The van der Waals surface area contributed by atoms with E-state index in [4.69, 9.17) is 4.74 Å². The zero-order valence-corrected chi connectivity index (χ0v) is 16.6. The van der Waals surface area contributed by atoms with Crippen molar-refractivity contribution in [3.8, 4) is 5.75 Å². The molecule has 0 aliphatic carbocycles. The Morgan fingerprint density at radius 3 is 2.11 bits per heavy atom. The fourth-order valence-corrected chi connectivity index (χ4v) is 3.36. The molecule has 1 N–H and O–H groups in total. The topological polar surface area (TPSA) is 61.9 Å². The summed E-state index contributed by atoms with van der Waals surface area (Å²) in [4.78, 5) is 28.5. The molecular weight excluding hydrogens is 354 g/mol. The average Bonchev–Trinajstić information content (AvgIpc) is 2.73. The summed E-state index contributed by atoms with van der Waals surface area (Å²) in [6, 6.07) is 14.8. The third-order valence-electron chi connectivity index (χ3n) is 5.24. The van der Waals surface area contributed by atoms with Gasteiger partial charge in [-0.1, -0.05) is 0 Å². The maximum absolute atomic E-state index is 12.6. The van der Waals surface area contributed by atoms with Gasteiger partial charge in [-0.3, -0.25) is 14.5 Å². The number of Topliss-reactive ketones (excluding diaryl/α,β-unsaturated/α-hetero) is 1. The van der Waals surface area contributed by atoms with Crippen LogP contribution in [0.2, 0.25) is 0 Å². The molecule has 6 nitrogen and oxygen atoms in total. The van der Waals surface area contributed by atoms with E-state index < -0.39 is 0 Å². The van der Waals surface area contributed by atoms with Crippen LogP contribution >= 0.6 is 0 Å². The Kier molecular flexibility index (Phi) is 6.31. The van der Waals surface area contributed by atoms with Crippen molar-refractivity contribution in [3.63, 3.8) is 0 Å². The second-order valence-electron chi connectivity index (χ2n) is 7.02. The molecule has 2 aromatic rings. The highest BCUT2D eigenvalue weighted by Crippen LogP contribution is 2.21. The molecule has 0 aromatic heterocycles. The zero-order valence-electron chi connectivity index (χ0n) is 16.6. The SMILES string of the molecule is COc1ccc(N2CCN([C@H](C)C(=O)Nc3ccc(C(C)=O)cc3)CC2)cc1. The molecular formula is C22H27N3O3. The second-order valence-corrected chi connectivity index (χ2v) is 7.02. The van der Waals surface area contributed by atoms with Gasteiger partial charge in [0.2, 0.25) is 5.91 Å². The molecule has 3 rings (SSSR count). The Hall–Kier alpha value is -2.86. The first kappa shape index (κ1) is 19.9. The van der Waals surface area contributed by atoms with Gasteiger partial charge >= 0.3 is 0 Å². The zero-order chi connectivity index (χ0) is 20.1. The monoisotopic (exact) mass is 381 g/mol. The predicted octanol–water partition coefficient (Wildman–Crippen LogP) is 3.05. The molecule has 1 atom stereocenters. The van der Waals surface area contributed by atoms with Crippen LogP contribution in [0.15, 0.2) is 48.5 Å². The first-order valence-electron chi connectivity index (χ1n) is 9.53. The number of ether oxygens (including phenoxy) is 1. The molecule has 148 valence electrons. The highest BCUT2D eigenvalue weighted by molar-refractivity contribution is 5.97. The van der Waals surface area contributed by atoms with Crippen molar-refractivity contribution >= 4 is 23.1 Å². The van der Waals surface area contributed by atoms with E-state index in [9.17, 15) is 9.59 Å². The number of hydrogen-bond acceptors (Lipinski definition) is 5. The number of rotatable bonds is 6. The summed E-state index contributed by atoms with van der Waals surface area (Å²) < 4.78 is 5.21. The smallest absolute Gasteiger partial charge is 0.241 e. The number of amides is 1. The van der Waals surface area contributed by atoms with Crippen molar-refractivity contribution in [2.75, 3.05) is 43.5 Å². The molecule has 1 heterocycles. The Morgan fingerprint density at radius 1 is 0.964 bits per heavy atom. The van der Waals surface area contributed by atoms with E-state index in [2.05, 4.69) is 27.2 Å². The largest absolute Gasteiger partial charge is 0.497 e. The first-order chi connectivity index (χ1) is 13.5. The molecule has 1 saturated heterocycles. The Balaban J connectivity index is 1.52. The van der Waals surface area contributed by atoms with Gasteiger partial charge < -0.3 is 15.0 Å². The molecule has 0 bridgehead atoms. The summed E-state index contributed by atoms with van der Waals surface area (Å²) in [6.07, 6.45) is 0. The van der Waals surface area contributed by atoms with Crippen LogP contribution < -0.4 is 15.0 Å². The van der Waals surface area contributed by atoms with Crippen molar-refractivity contribution in [2.45, 2.75) is 19.9 Å². The van der Waals surface area contributed by atoms with Gasteiger partial charge in [0.25, 0.3) is 0 Å². The second kappa shape index (κ2) is 8.89. The number of ketones is 1. The van der Waals surface area contributed by atoms with Crippen molar-refractivity contribution in [1.82, 2.24) is 4.90 Å². The summed E-state index contributed by atoms with van der Waals surface area (Å²) in [5.41, 5.74) is 2.52. The van der Waals surface area contributed by atoms with Crippen molar-refractivity contribution in [3.05, 3.63) is 54.1 Å². The van der Waals surface area contributed by atoms with E-state index in [1.54, 1.807) is 31.4 Å². The fraction of sp³-hybridized carbons (Fsp3) is 0.364. The lowest BCUT2D eigenvalue weighted by molar-refractivity contribution is -0.120. The number of benzene rings is 2. The van der Waals surface area contributed by atoms with Crippen LogP contribution in [0, 0.1) is 0 Å². The predicted molar refractivity (Wildman–Crippen MR) is 111 cm³/mol. The minimum atomic E-state index is -0.217. The van der Waals surface area contributed by atoms with Gasteiger partial charge in [0.05, 0.1) is 13.2 Å². The Bertz CT molecular complexity index is 810. The molecule has 1 amide bonds. The number of carbonyl (C=O) groups is 2. The van der Waals surface area contributed by atoms with Crippen LogP contribution in [-0.2, 0) is 4.79 Å². The quantitative estimate of drug-likeness (QED) is 0.780. The van der Waals surface area contributed by atoms with Crippen molar-refractivity contribution in [1.29, 1.82) is 0 Å². The highest BCUT2D eigenvalue weighted by Gasteiger charge is 2.25. The molecule has 0 saturated carbocycles. The minimum Gasteiger partial charge on any atom is -0.497 e. The minimum absolute atomic E-state index is 0.0148. The van der Waals surface area contributed by atoms with Crippen molar-refractivity contribution < 1.29 is 14.3 Å². The van der Waals surface area contributed by atoms with Gasteiger partial charge in [-0.2, -0.15) is 0 Å². The number of anilines is 2. The van der Waals surface area contributed by atoms with Gasteiger partial charge in [-0.25, -0.2) is 0 Å². The van der Waals surface area contributed by atoms with Gasteiger partial charge in [-0.05, 0) is 62.4 Å². The third-order valence-corrected chi connectivity index (χ3v) is 5.24. The summed E-state index contributed by atoms with van der Waals surface area (Å²) in [5.74, 6) is 0.832. The summed E-state index contributed by atoms with van der Waals surface area (Å²) in [6.45, 7) is 6.85. The van der Waals surface area contributed by atoms with Crippen LogP contribution in [-0.4, -0.2) is 55.9 Å². The summed E-state index contributed by atoms with van der Waals surface area (Å²) in [7, 11) is 1.66. The molecule has 0 radical (unpaired) electrons. The molecule has 0 unspecified atom stereocenters. The third kappa shape index (κ3) is 4.70. The van der Waals surface area contributed by atoms with Gasteiger partial charge in [0, 0.05) is 43.1 Å². The van der Waals surface area contributed by atoms with Gasteiger partial charge in [0.1, 0.15) is 5.75 Å². The lowest BCUT2D eigenvalue weighted by Gasteiger charge is -2.38. The molecule has 2 aromatic carbocycles. The molecule has 1 aliphatic rings. The van der Waals surface area contributed by atoms with E-state index in [-0.39, 0.29) is 17.7 Å². The van der Waals surface area contributed by atoms with E-state index in [1.165, 1.54) is 12.6 Å². The fourth-order valence-electron chi connectivity index (χ4n) is 3.36. The Morgan fingerprint density at radius 2 is 1.57 bits per heavy atom. The lowest BCUT2D eigenvalue weighted by atomic mass is 10.1. The van der Waals surface area contributed by atoms with Gasteiger partial charge in [0.15, 0.2) is 5.78 Å². The normalized spacial score (nSPS) is 15.8. The molecule has 0 spiro atoms. The maximum atomic E-state index is 12.6. The van der Waals surface area contributed by atoms with Crippen LogP contribution in [0.1, 0.15) is 24.2 Å². The lowest BCUT2D eigenvalue weighted by Crippen LogP contribution is -2.52.